The van der Waals surface area contributed by atoms with Crippen molar-refractivity contribution in [2.75, 3.05) is 0 Å². The van der Waals surface area contributed by atoms with Crippen LogP contribution in [-0.2, 0) is 11.2 Å². The number of carbonyl (C=O) groups is 1. The highest BCUT2D eigenvalue weighted by atomic mass is 16.5. The zero-order valence-corrected chi connectivity index (χ0v) is 6.24. The van der Waals surface area contributed by atoms with E-state index in [9.17, 15) is 4.79 Å². The van der Waals surface area contributed by atoms with Crippen LogP contribution >= 0.6 is 0 Å². The quantitative estimate of drug-likeness (QED) is 0.524. The highest BCUT2D eigenvalue weighted by Crippen LogP contribution is 2.01. The predicted octanol–water partition coefficient (Wildman–Crippen LogP) is 0.641. The number of carboxylic acids is 1. The molecule has 1 aromatic carbocycles. The van der Waals surface area contributed by atoms with Crippen molar-refractivity contribution in [2.24, 2.45) is 5.73 Å². The lowest BCUT2D eigenvalue weighted by molar-refractivity contribution is -0.138. The van der Waals surface area contributed by atoms with Gasteiger partial charge in [-0.05, 0) is 12.0 Å². The first-order chi connectivity index (χ1) is 7.34. The van der Waals surface area contributed by atoms with Crippen LogP contribution in [0.1, 0.15) is 11.0 Å². The van der Waals surface area contributed by atoms with Gasteiger partial charge in [0.15, 0.2) is 0 Å². The van der Waals surface area contributed by atoms with Gasteiger partial charge in [-0.2, -0.15) is 0 Å². The molecule has 0 aliphatic heterocycles. The summed E-state index contributed by atoms with van der Waals surface area (Å²) in [5, 5.41) is 8.65. The Hall–Kier alpha value is -1.35. The Morgan fingerprint density at radius 2 is 2.33 bits per heavy atom. The van der Waals surface area contributed by atoms with Gasteiger partial charge in [-0.1, -0.05) is 30.3 Å². The number of hydrogen-bond acceptors (Lipinski definition) is 2. The number of benzene rings is 1. The minimum atomic E-state index is -1.48. The molecule has 0 fully saturated rings. The summed E-state index contributed by atoms with van der Waals surface area (Å²) in [5.74, 6) is -1.35. The summed E-state index contributed by atoms with van der Waals surface area (Å²) in [6.07, 6.45) is -1.38. The molecule has 0 heterocycles. The van der Waals surface area contributed by atoms with Crippen LogP contribution in [0.25, 0.3) is 0 Å². The first-order valence-corrected chi connectivity index (χ1v) is 3.33. The van der Waals surface area contributed by atoms with E-state index in [0.29, 0.717) is 0 Å². The molecule has 0 aliphatic rings. The molecule has 1 aromatic rings. The minimum absolute atomic E-state index is 0.0187. The molecule has 0 radical (unpaired) electrons. The molecule has 0 aromatic heterocycles. The molecule has 0 saturated heterocycles. The van der Waals surface area contributed by atoms with Gasteiger partial charge in [-0.3, -0.25) is 4.79 Å². The molecular formula is C9H11NO2. The van der Waals surface area contributed by atoms with Crippen molar-refractivity contribution < 1.29 is 15.4 Å². The molecule has 3 heteroatoms. The second-order valence-corrected chi connectivity index (χ2v) is 2.19. The van der Waals surface area contributed by atoms with Crippen LogP contribution in [-0.4, -0.2) is 17.1 Å². The molecule has 2 atom stereocenters. The number of nitrogens with two attached hydrogens (primary N) is 1. The second-order valence-electron chi connectivity index (χ2n) is 2.19. The normalized spacial score (nSPS) is 19.8. The molecule has 12 heavy (non-hydrogen) atoms. The lowest BCUT2D eigenvalue weighted by Crippen LogP contribution is -2.32. The van der Waals surface area contributed by atoms with Crippen LogP contribution in [0.4, 0.5) is 0 Å². The van der Waals surface area contributed by atoms with Crippen LogP contribution in [0.3, 0.4) is 0 Å². The van der Waals surface area contributed by atoms with Crippen molar-refractivity contribution in [2.45, 2.75) is 12.4 Å². The Balaban J connectivity index is 3.18. The Kier molecular flexibility index (Phi) is 1.49. The van der Waals surface area contributed by atoms with Gasteiger partial charge < -0.3 is 10.8 Å². The van der Waals surface area contributed by atoms with E-state index in [4.69, 9.17) is 16.3 Å². The summed E-state index contributed by atoms with van der Waals surface area (Å²) in [4.78, 5) is 10.6. The molecule has 0 amide bonds. The van der Waals surface area contributed by atoms with Gasteiger partial charge >= 0.3 is 5.97 Å². The summed E-state index contributed by atoms with van der Waals surface area (Å²) in [7, 11) is 0. The summed E-state index contributed by atoms with van der Waals surface area (Å²) >= 11 is 0. The molecular weight excluding hydrogens is 161 g/mol. The van der Waals surface area contributed by atoms with Crippen LogP contribution in [0, 0.1) is 0 Å². The summed E-state index contributed by atoms with van der Waals surface area (Å²) in [5.41, 5.74) is 5.20. The zero-order chi connectivity index (χ0) is 12.5. The second kappa shape index (κ2) is 3.88. The van der Waals surface area contributed by atoms with E-state index in [0.717, 1.165) is 12.1 Å². The van der Waals surface area contributed by atoms with E-state index in [1.54, 1.807) is 0 Å². The Morgan fingerprint density at radius 1 is 1.75 bits per heavy atom. The monoisotopic (exact) mass is 176 g/mol. The third-order valence-corrected chi connectivity index (χ3v) is 1.25. The zero-order valence-electron chi connectivity index (χ0n) is 10.2. The van der Waals surface area contributed by atoms with Gasteiger partial charge in [0.05, 0.1) is 4.11 Å². The van der Waals surface area contributed by atoms with Crippen molar-refractivity contribution >= 4 is 5.97 Å². The van der Waals surface area contributed by atoms with Crippen LogP contribution in [0.5, 0.6) is 0 Å². The smallest absolute Gasteiger partial charge is 0.320 e. The Labute approximate surface area is 76.4 Å². The molecule has 0 saturated carbocycles. The molecule has 0 aliphatic carbocycles. The van der Waals surface area contributed by atoms with Gasteiger partial charge in [-0.15, -0.1) is 0 Å². The van der Waals surface area contributed by atoms with Crippen molar-refractivity contribution in [1.29, 1.82) is 0 Å². The predicted molar refractivity (Wildman–Crippen MR) is 45.8 cm³/mol. The first-order valence-electron chi connectivity index (χ1n) is 5.40. The van der Waals surface area contributed by atoms with Crippen molar-refractivity contribution in [1.82, 2.24) is 0 Å². The van der Waals surface area contributed by atoms with Crippen LogP contribution in [0.2, 0.25) is 0 Å². The highest BCUT2D eigenvalue weighted by molar-refractivity contribution is 5.73. The van der Waals surface area contributed by atoms with E-state index in [2.05, 4.69) is 0 Å². The van der Waals surface area contributed by atoms with E-state index >= 15 is 0 Å². The average molecular weight is 176 g/mol. The number of rotatable bonds is 3. The van der Waals surface area contributed by atoms with Gasteiger partial charge in [0, 0.05) is 1.37 Å². The van der Waals surface area contributed by atoms with Crippen molar-refractivity contribution in [3.63, 3.8) is 0 Å². The minimum Gasteiger partial charge on any atom is -0.480 e. The largest absolute Gasteiger partial charge is 0.480 e. The SMILES string of the molecule is [2H]c1[13cH]c([2H])[13c]([13C@@H]([2H])[13C@H]([15NH2])[13C](=O)O)c([2H])[13cH]1. The Morgan fingerprint density at radius 3 is 2.83 bits per heavy atom. The van der Waals surface area contributed by atoms with E-state index in [-0.39, 0.29) is 23.7 Å². The van der Waals surface area contributed by atoms with Gasteiger partial charge in [-0.25, -0.2) is 0 Å². The van der Waals surface area contributed by atoms with Crippen LogP contribution in [0.15, 0.2) is 30.3 Å². The fraction of sp³-hybridized carbons (Fsp3) is 0.222. The number of carboxylic acid groups (broad SMARTS) is 1. The topological polar surface area (TPSA) is 63.3 Å². The first kappa shape index (κ1) is 4.62. The Bertz CT molecular complexity index is 401. The maximum Gasteiger partial charge on any atom is 0.320 e. The molecule has 0 unspecified atom stereocenters. The third kappa shape index (κ3) is 2.36. The van der Waals surface area contributed by atoms with Crippen molar-refractivity contribution in [3.05, 3.63) is 35.8 Å². The molecule has 0 spiro atoms. The maximum absolute atomic E-state index is 10.6. The summed E-state index contributed by atoms with van der Waals surface area (Å²) in [6.45, 7) is 0. The standard InChI is InChI=1S/C9H11NO2/c10-8(9(11)12)6-7-4-2-1-3-5-7/h1-5,8H,6,10H2,(H,11,12)/t8-/m0/s1/i1D,2+1,3+1,4D,5D,6+1D,7+1,8+1,9+1,10+1/t6-,8+/m1. The molecule has 3 N–H and O–H groups in total. The highest BCUT2D eigenvalue weighted by Gasteiger charge is 2.10. The summed E-state index contributed by atoms with van der Waals surface area (Å²) < 4.78 is 29.9. The lowest BCUT2D eigenvalue weighted by atomic mass is 10.7. The summed E-state index contributed by atoms with van der Waals surface area (Å²) in [6, 6.07) is 0.412. The lowest BCUT2D eigenvalue weighted by Gasteiger charge is -2.04. The molecule has 0 bridgehead atoms. The van der Waals surface area contributed by atoms with Gasteiger partial charge in [0.25, 0.3) is 0 Å². The maximum atomic E-state index is 10.6. The average Bonchev–Trinajstić information content (AvgIpc) is 2.14. The third-order valence-electron chi connectivity index (χ3n) is 1.25. The number of aliphatic carboxylic acids is 1. The fourth-order valence-electron chi connectivity index (χ4n) is 0.669. The van der Waals surface area contributed by atoms with Crippen molar-refractivity contribution in [3.8, 4) is 0 Å². The van der Waals surface area contributed by atoms with Crippen LogP contribution < -0.4 is 5.73 Å². The van der Waals surface area contributed by atoms with Gasteiger partial charge in [0.2, 0.25) is 0 Å². The number of hydrogen-bond donors (Lipinski definition) is 2. The van der Waals surface area contributed by atoms with E-state index < -0.39 is 18.4 Å². The van der Waals surface area contributed by atoms with E-state index in [1.165, 1.54) is 0 Å². The molecule has 3 nitrogen and oxygen atoms in total. The van der Waals surface area contributed by atoms with E-state index in [1.807, 2.05) is 0 Å². The molecule has 1 rings (SSSR count). The fourth-order valence-corrected chi connectivity index (χ4v) is 0.669. The molecule has 64 valence electrons. The van der Waals surface area contributed by atoms with Gasteiger partial charge in [0.1, 0.15) is 6.04 Å².